The molecule has 1 saturated carbocycles. The average molecular weight is 599 g/mol. The second-order valence-electron chi connectivity index (χ2n) is 9.07. The zero-order valence-corrected chi connectivity index (χ0v) is 23.1. The SMILES string of the molecule is O=C(NC1CCCCC1OCc1ccccc1)c1nc(-c2ccccc2Cl)n(-c2ccc(Cl)cc2)c1Br. The Hall–Kier alpha value is -2.64. The van der Waals surface area contributed by atoms with Gasteiger partial charge in [-0.05, 0) is 70.7 Å². The number of nitrogens with one attached hydrogen (secondary N) is 1. The summed E-state index contributed by atoms with van der Waals surface area (Å²) in [5.41, 5.74) is 2.93. The molecule has 5 rings (SSSR count). The first-order valence-electron chi connectivity index (χ1n) is 12.3. The van der Waals surface area contributed by atoms with Crippen molar-refractivity contribution in [3.05, 3.63) is 105 Å². The molecule has 1 heterocycles. The van der Waals surface area contributed by atoms with Gasteiger partial charge in [0, 0.05) is 16.3 Å². The van der Waals surface area contributed by atoms with E-state index in [1.54, 1.807) is 12.1 Å². The summed E-state index contributed by atoms with van der Waals surface area (Å²) in [6.45, 7) is 0.517. The Morgan fingerprint density at radius 2 is 1.68 bits per heavy atom. The van der Waals surface area contributed by atoms with E-state index in [1.807, 2.05) is 71.3 Å². The Kier molecular flexibility index (Phi) is 8.30. The van der Waals surface area contributed by atoms with Gasteiger partial charge < -0.3 is 10.1 Å². The number of carbonyl (C=O) groups excluding carboxylic acids is 1. The van der Waals surface area contributed by atoms with E-state index in [0.717, 1.165) is 42.5 Å². The number of nitrogens with zero attached hydrogens (tertiary/aromatic N) is 2. The first-order chi connectivity index (χ1) is 18.0. The molecule has 0 bridgehead atoms. The van der Waals surface area contributed by atoms with Crippen LogP contribution < -0.4 is 5.32 Å². The molecule has 1 fully saturated rings. The van der Waals surface area contributed by atoms with Gasteiger partial charge in [0.1, 0.15) is 10.4 Å². The lowest BCUT2D eigenvalue weighted by Gasteiger charge is -2.32. The normalized spacial score (nSPS) is 17.5. The highest BCUT2D eigenvalue weighted by Gasteiger charge is 2.30. The van der Waals surface area contributed by atoms with Crippen molar-refractivity contribution in [1.82, 2.24) is 14.9 Å². The van der Waals surface area contributed by atoms with Crippen LogP contribution in [0, 0.1) is 0 Å². The molecule has 190 valence electrons. The molecule has 2 unspecified atom stereocenters. The van der Waals surface area contributed by atoms with Gasteiger partial charge in [-0.15, -0.1) is 0 Å². The van der Waals surface area contributed by atoms with E-state index in [1.165, 1.54) is 0 Å². The fraction of sp³-hybridized carbons (Fsp3) is 0.241. The van der Waals surface area contributed by atoms with E-state index in [4.69, 9.17) is 32.9 Å². The van der Waals surface area contributed by atoms with Gasteiger partial charge >= 0.3 is 0 Å². The Balaban J connectivity index is 1.43. The average Bonchev–Trinajstić information content (AvgIpc) is 3.26. The quantitative estimate of drug-likeness (QED) is 0.235. The third-order valence-corrected chi connectivity index (χ3v) is 7.87. The minimum absolute atomic E-state index is 0.0573. The Bertz CT molecular complexity index is 1380. The van der Waals surface area contributed by atoms with Crippen molar-refractivity contribution in [2.45, 2.75) is 44.4 Å². The predicted molar refractivity (Wildman–Crippen MR) is 151 cm³/mol. The number of benzene rings is 3. The summed E-state index contributed by atoms with van der Waals surface area (Å²) in [7, 11) is 0. The number of amides is 1. The van der Waals surface area contributed by atoms with Crippen LogP contribution in [0.3, 0.4) is 0 Å². The molecule has 5 nitrogen and oxygen atoms in total. The van der Waals surface area contributed by atoms with Gasteiger partial charge in [-0.1, -0.05) is 78.5 Å². The topological polar surface area (TPSA) is 56.1 Å². The molecule has 0 aliphatic heterocycles. The molecule has 1 aliphatic carbocycles. The van der Waals surface area contributed by atoms with Gasteiger partial charge in [0.25, 0.3) is 5.91 Å². The molecule has 1 amide bonds. The maximum atomic E-state index is 13.6. The number of halogens is 3. The van der Waals surface area contributed by atoms with Gasteiger partial charge in [-0.25, -0.2) is 4.98 Å². The maximum absolute atomic E-state index is 13.6. The van der Waals surface area contributed by atoms with Crippen LogP contribution in [0.5, 0.6) is 0 Å². The zero-order chi connectivity index (χ0) is 25.8. The molecule has 37 heavy (non-hydrogen) atoms. The lowest BCUT2D eigenvalue weighted by atomic mass is 9.92. The molecule has 4 aromatic rings. The first kappa shape index (κ1) is 26.0. The van der Waals surface area contributed by atoms with Crippen LogP contribution in [0.4, 0.5) is 0 Å². The van der Waals surface area contributed by atoms with Crippen LogP contribution in [0.2, 0.25) is 10.0 Å². The lowest BCUT2D eigenvalue weighted by molar-refractivity contribution is -0.00466. The third kappa shape index (κ3) is 5.93. The van der Waals surface area contributed by atoms with E-state index in [9.17, 15) is 4.79 Å². The van der Waals surface area contributed by atoms with E-state index in [0.29, 0.717) is 27.1 Å². The highest BCUT2D eigenvalue weighted by molar-refractivity contribution is 9.10. The summed E-state index contributed by atoms with van der Waals surface area (Å²) in [6, 6.07) is 24.8. The van der Waals surface area contributed by atoms with Gasteiger partial charge in [-0.2, -0.15) is 0 Å². The van der Waals surface area contributed by atoms with Crippen molar-refractivity contribution in [1.29, 1.82) is 0 Å². The molecule has 1 aromatic heterocycles. The van der Waals surface area contributed by atoms with Crippen molar-refractivity contribution < 1.29 is 9.53 Å². The van der Waals surface area contributed by atoms with Crippen molar-refractivity contribution >= 4 is 45.0 Å². The van der Waals surface area contributed by atoms with Gasteiger partial charge in [0.15, 0.2) is 5.69 Å². The third-order valence-electron chi connectivity index (χ3n) is 6.56. The van der Waals surface area contributed by atoms with Crippen LogP contribution >= 0.6 is 39.1 Å². The molecule has 0 radical (unpaired) electrons. The summed E-state index contributed by atoms with van der Waals surface area (Å²) in [5.74, 6) is 0.304. The van der Waals surface area contributed by atoms with E-state index in [2.05, 4.69) is 21.2 Å². The Morgan fingerprint density at radius 1 is 0.973 bits per heavy atom. The van der Waals surface area contributed by atoms with E-state index < -0.39 is 0 Å². The monoisotopic (exact) mass is 597 g/mol. The van der Waals surface area contributed by atoms with Crippen LogP contribution in [-0.4, -0.2) is 27.6 Å². The summed E-state index contributed by atoms with van der Waals surface area (Å²) < 4.78 is 8.67. The lowest BCUT2D eigenvalue weighted by Crippen LogP contribution is -2.46. The number of hydrogen-bond acceptors (Lipinski definition) is 3. The van der Waals surface area contributed by atoms with Crippen molar-refractivity contribution in [2.75, 3.05) is 0 Å². The second kappa shape index (κ2) is 11.8. The molecule has 3 aromatic carbocycles. The number of aromatic nitrogens is 2. The highest BCUT2D eigenvalue weighted by atomic mass is 79.9. The smallest absolute Gasteiger partial charge is 0.273 e. The van der Waals surface area contributed by atoms with Crippen molar-refractivity contribution in [2.24, 2.45) is 0 Å². The summed E-state index contributed by atoms with van der Waals surface area (Å²) in [6.07, 6.45) is 3.83. The largest absolute Gasteiger partial charge is 0.371 e. The van der Waals surface area contributed by atoms with Gasteiger partial charge in [-0.3, -0.25) is 9.36 Å². The predicted octanol–water partition coefficient (Wildman–Crippen LogP) is 7.87. The number of rotatable bonds is 7. The van der Waals surface area contributed by atoms with Crippen molar-refractivity contribution in [3.8, 4) is 17.1 Å². The fourth-order valence-corrected chi connectivity index (χ4v) is 5.66. The first-order valence-corrected chi connectivity index (χ1v) is 13.8. The summed E-state index contributed by atoms with van der Waals surface area (Å²) in [4.78, 5) is 18.4. The van der Waals surface area contributed by atoms with Crippen LogP contribution in [0.15, 0.2) is 83.5 Å². The molecule has 1 aliphatic rings. The maximum Gasteiger partial charge on any atom is 0.273 e. The number of hydrogen-bond donors (Lipinski definition) is 1. The fourth-order valence-electron chi connectivity index (χ4n) is 4.67. The zero-order valence-electron chi connectivity index (χ0n) is 20.0. The molecule has 0 spiro atoms. The summed E-state index contributed by atoms with van der Waals surface area (Å²) >= 11 is 16.3. The molecular formula is C29H26BrCl2N3O2. The summed E-state index contributed by atoms with van der Waals surface area (Å²) in [5, 5.41) is 4.37. The minimum Gasteiger partial charge on any atom is -0.371 e. The van der Waals surface area contributed by atoms with Crippen LogP contribution in [-0.2, 0) is 11.3 Å². The highest BCUT2D eigenvalue weighted by Crippen LogP contribution is 2.34. The number of ether oxygens (including phenoxy) is 1. The molecular weight excluding hydrogens is 573 g/mol. The van der Waals surface area contributed by atoms with Crippen molar-refractivity contribution in [3.63, 3.8) is 0 Å². The Labute approximate surface area is 234 Å². The van der Waals surface area contributed by atoms with E-state index in [-0.39, 0.29) is 23.7 Å². The molecule has 0 saturated heterocycles. The Morgan fingerprint density at radius 3 is 2.43 bits per heavy atom. The van der Waals surface area contributed by atoms with Gasteiger partial charge in [0.05, 0.1) is 23.8 Å². The van der Waals surface area contributed by atoms with E-state index >= 15 is 0 Å². The molecule has 2 atom stereocenters. The standard InChI is InChI=1S/C29H26BrCl2N3O2/c30-27-26(29(36)33-24-12-6-7-13-25(24)37-18-19-8-2-1-3-9-19)34-28(22-10-4-5-11-23(22)32)35(27)21-16-14-20(31)15-17-21/h1-5,8-11,14-17,24-25H,6-7,12-13,18H2,(H,33,36). The number of carbonyl (C=O) groups is 1. The van der Waals surface area contributed by atoms with Crippen LogP contribution in [0.1, 0.15) is 41.7 Å². The van der Waals surface area contributed by atoms with Gasteiger partial charge in [0.2, 0.25) is 0 Å². The second-order valence-corrected chi connectivity index (χ2v) is 10.7. The minimum atomic E-state index is -0.256. The molecule has 1 N–H and O–H groups in total. The van der Waals surface area contributed by atoms with Crippen LogP contribution in [0.25, 0.3) is 17.1 Å². The molecule has 8 heteroatoms. The number of imidazole rings is 1.